The molecule has 0 fully saturated rings. The highest BCUT2D eigenvalue weighted by molar-refractivity contribution is 7.12. The molecular formula is C13H22N2OS. The van der Waals surface area contributed by atoms with Crippen LogP contribution in [0.1, 0.15) is 36.9 Å². The molecule has 3 nitrogen and oxygen atoms in total. The van der Waals surface area contributed by atoms with E-state index in [-0.39, 0.29) is 11.3 Å². The van der Waals surface area contributed by atoms with Crippen molar-refractivity contribution in [3.05, 3.63) is 22.4 Å². The molecule has 0 saturated carbocycles. The third kappa shape index (κ3) is 4.13. The quantitative estimate of drug-likeness (QED) is 0.848. The Bertz CT molecular complexity index is 346. The predicted molar refractivity (Wildman–Crippen MR) is 73.3 cm³/mol. The highest BCUT2D eigenvalue weighted by atomic mass is 32.1. The summed E-state index contributed by atoms with van der Waals surface area (Å²) in [6, 6.07) is 3.79. The van der Waals surface area contributed by atoms with Gasteiger partial charge in [0, 0.05) is 13.1 Å². The van der Waals surface area contributed by atoms with Crippen LogP contribution in [-0.2, 0) is 0 Å². The monoisotopic (exact) mass is 254 g/mol. The maximum absolute atomic E-state index is 12.3. The van der Waals surface area contributed by atoms with Gasteiger partial charge in [-0.25, -0.2) is 0 Å². The summed E-state index contributed by atoms with van der Waals surface area (Å²) in [6.45, 7) is 8.37. The van der Waals surface area contributed by atoms with Crippen molar-refractivity contribution in [2.45, 2.75) is 27.2 Å². The molecule has 2 N–H and O–H groups in total. The Morgan fingerprint density at radius 1 is 1.53 bits per heavy atom. The van der Waals surface area contributed by atoms with Gasteiger partial charge in [0.05, 0.1) is 4.88 Å². The van der Waals surface area contributed by atoms with Gasteiger partial charge in [-0.05, 0) is 29.8 Å². The molecule has 0 saturated heterocycles. The Kier molecular flexibility index (Phi) is 5.15. The lowest BCUT2D eigenvalue weighted by atomic mass is 9.93. The Hall–Kier alpha value is -0.870. The zero-order valence-electron chi connectivity index (χ0n) is 10.9. The molecule has 0 atom stereocenters. The predicted octanol–water partition coefficient (Wildman–Crippen LogP) is 2.59. The highest BCUT2D eigenvalue weighted by Gasteiger charge is 2.24. The van der Waals surface area contributed by atoms with Crippen LogP contribution in [0.15, 0.2) is 17.5 Å². The summed E-state index contributed by atoms with van der Waals surface area (Å²) in [7, 11) is 0. The van der Waals surface area contributed by atoms with Crippen molar-refractivity contribution in [2.75, 3.05) is 19.6 Å². The first-order valence-corrected chi connectivity index (χ1v) is 6.91. The molecule has 1 aromatic heterocycles. The molecule has 0 unspecified atom stereocenters. The average Bonchev–Trinajstić information content (AvgIpc) is 2.81. The van der Waals surface area contributed by atoms with Crippen molar-refractivity contribution >= 4 is 17.2 Å². The van der Waals surface area contributed by atoms with E-state index in [1.54, 1.807) is 0 Å². The summed E-state index contributed by atoms with van der Waals surface area (Å²) in [5.41, 5.74) is 5.71. The van der Waals surface area contributed by atoms with Gasteiger partial charge in [-0.3, -0.25) is 4.79 Å². The molecule has 0 bridgehead atoms. The normalized spacial score (nSPS) is 11.5. The molecule has 0 aliphatic rings. The highest BCUT2D eigenvalue weighted by Crippen LogP contribution is 2.19. The number of hydrogen-bond donors (Lipinski definition) is 1. The number of carbonyl (C=O) groups is 1. The third-order valence-corrected chi connectivity index (χ3v) is 3.54. The summed E-state index contributed by atoms with van der Waals surface area (Å²) < 4.78 is 0. The lowest BCUT2D eigenvalue weighted by Crippen LogP contribution is -2.42. The molecule has 1 rings (SSSR count). The summed E-state index contributed by atoms with van der Waals surface area (Å²) in [5.74, 6) is 0.128. The van der Waals surface area contributed by atoms with Crippen LogP contribution in [0.4, 0.5) is 0 Å². The molecule has 0 spiro atoms. The van der Waals surface area contributed by atoms with Gasteiger partial charge in [0.25, 0.3) is 5.91 Å². The van der Waals surface area contributed by atoms with Crippen molar-refractivity contribution in [3.63, 3.8) is 0 Å². The van der Waals surface area contributed by atoms with E-state index in [2.05, 4.69) is 20.8 Å². The zero-order chi connectivity index (χ0) is 12.9. The van der Waals surface area contributed by atoms with Gasteiger partial charge in [-0.15, -0.1) is 11.3 Å². The van der Waals surface area contributed by atoms with Crippen LogP contribution in [0, 0.1) is 5.41 Å². The maximum Gasteiger partial charge on any atom is 0.263 e. The van der Waals surface area contributed by atoms with Crippen molar-refractivity contribution in [1.82, 2.24) is 4.90 Å². The molecule has 4 heteroatoms. The molecule has 0 aromatic carbocycles. The fourth-order valence-corrected chi connectivity index (χ4v) is 2.35. The van der Waals surface area contributed by atoms with E-state index in [0.29, 0.717) is 13.1 Å². The lowest BCUT2D eigenvalue weighted by Gasteiger charge is -2.31. The van der Waals surface area contributed by atoms with Gasteiger partial charge in [0.1, 0.15) is 0 Å². The van der Waals surface area contributed by atoms with Crippen molar-refractivity contribution in [3.8, 4) is 0 Å². The van der Waals surface area contributed by atoms with Crippen LogP contribution >= 0.6 is 11.3 Å². The van der Waals surface area contributed by atoms with Crippen LogP contribution in [0.2, 0.25) is 0 Å². The lowest BCUT2D eigenvalue weighted by molar-refractivity contribution is 0.0694. The Morgan fingerprint density at radius 3 is 2.71 bits per heavy atom. The molecule has 0 aliphatic heterocycles. The molecule has 1 aromatic rings. The minimum Gasteiger partial charge on any atom is -0.337 e. The molecule has 96 valence electrons. The van der Waals surface area contributed by atoms with Crippen LogP contribution in [0.5, 0.6) is 0 Å². The molecule has 1 amide bonds. The Labute approximate surface area is 108 Å². The number of thiophene rings is 1. The SMILES string of the molecule is CCCN(CC(C)(C)CN)C(=O)c1cccs1. The van der Waals surface area contributed by atoms with Gasteiger partial charge in [-0.2, -0.15) is 0 Å². The molecule has 0 aliphatic carbocycles. The standard InChI is InChI=1S/C13H22N2OS/c1-4-7-15(10-13(2,3)9-14)12(16)11-6-5-8-17-11/h5-6,8H,4,7,9-10,14H2,1-3H3. The number of nitrogens with two attached hydrogens (primary N) is 1. The first-order chi connectivity index (χ1) is 8.00. The van der Waals surface area contributed by atoms with Crippen LogP contribution in [0.25, 0.3) is 0 Å². The minimum absolute atomic E-state index is 0.0257. The number of nitrogens with zero attached hydrogens (tertiary/aromatic N) is 1. The van der Waals surface area contributed by atoms with E-state index in [9.17, 15) is 4.79 Å². The van der Waals surface area contributed by atoms with E-state index >= 15 is 0 Å². The van der Waals surface area contributed by atoms with Gasteiger partial charge in [0.2, 0.25) is 0 Å². The van der Waals surface area contributed by atoms with Gasteiger partial charge < -0.3 is 10.6 Å². The van der Waals surface area contributed by atoms with Crippen LogP contribution < -0.4 is 5.73 Å². The van der Waals surface area contributed by atoms with E-state index < -0.39 is 0 Å². The number of carbonyl (C=O) groups excluding carboxylic acids is 1. The number of amides is 1. The van der Waals surface area contributed by atoms with Crippen LogP contribution in [-0.4, -0.2) is 30.4 Å². The maximum atomic E-state index is 12.3. The van der Waals surface area contributed by atoms with Gasteiger partial charge >= 0.3 is 0 Å². The second kappa shape index (κ2) is 6.17. The van der Waals surface area contributed by atoms with Crippen molar-refractivity contribution in [1.29, 1.82) is 0 Å². The molecule has 17 heavy (non-hydrogen) atoms. The second-order valence-corrected chi connectivity index (χ2v) is 6.02. The minimum atomic E-state index is -0.0257. The number of rotatable bonds is 6. The van der Waals surface area contributed by atoms with Crippen LogP contribution in [0.3, 0.4) is 0 Å². The Morgan fingerprint density at radius 2 is 2.24 bits per heavy atom. The fraction of sp³-hybridized carbons (Fsp3) is 0.615. The summed E-state index contributed by atoms with van der Waals surface area (Å²) in [6.07, 6.45) is 0.970. The third-order valence-electron chi connectivity index (χ3n) is 2.68. The fourth-order valence-electron chi connectivity index (χ4n) is 1.66. The summed E-state index contributed by atoms with van der Waals surface area (Å²) >= 11 is 1.50. The largest absolute Gasteiger partial charge is 0.337 e. The summed E-state index contributed by atoms with van der Waals surface area (Å²) in [4.78, 5) is 15.0. The van der Waals surface area contributed by atoms with E-state index in [0.717, 1.165) is 17.8 Å². The molecule has 0 radical (unpaired) electrons. The second-order valence-electron chi connectivity index (χ2n) is 5.07. The average molecular weight is 254 g/mol. The topological polar surface area (TPSA) is 46.3 Å². The zero-order valence-corrected chi connectivity index (χ0v) is 11.7. The van der Waals surface area contributed by atoms with E-state index in [1.165, 1.54) is 11.3 Å². The van der Waals surface area contributed by atoms with Gasteiger partial charge in [-0.1, -0.05) is 26.8 Å². The van der Waals surface area contributed by atoms with Crippen molar-refractivity contribution < 1.29 is 4.79 Å². The van der Waals surface area contributed by atoms with E-state index in [4.69, 9.17) is 5.73 Å². The number of hydrogen-bond acceptors (Lipinski definition) is 3. The van der Waals surface area contributed by atoms with E-state index in [1.807, 2.05) is 22.4 Å². The molecule has 1 heterocycles. The smallest absolute Gasteiger partial charge is 0.263 e. The first kappa shape index (κ1) is 14.2. The Balaban J connectivity index is 2.75. The first-order valence-electron chi connectivity index (χ1n) is 6.03. The van der Waals surface area contributed by atoms with Crippen molar-refractivity contribution in [2.24, 2.45) is 11.1 Å². The van der Waals surface area contributed by atoms with Gasteiger partial charge in [0.15, 0.2) is 0 Å². The summed E-state index contributed by atoms with van der Waals surface area (Å²) in [5, 5.41) is 1.94. The molecular weight excluding hydrogens is 232 g/mol.